The van der Waals surface area contributed by atoms with Crippen LogP contribution in [0.5, 0.6) is 11.5 Å². The highest BCUT2D eigenvalue weighted by atomic mass is 32.2. The highest BCUT2D eigenvalue weighted by Gasteiger charge is 2.14. The van der Waals surface area contributed by atoms with E-state index in [4.69, 9.17) is 18.4 Å². The van der Waals surface area contributed by atoms with E-state index in [0.29, 0.717) is 57.6 Å². The lowest BCUT2D eigenvalue weighted by molar-refractivity contribution is 0.354. The summed E-state index contributed by atoms with van der Waals surface area (Å²) in [5, 5.41) is 12.4. The molecule has 0 saturated heterocycles. The molecule has 2 aromatic heterocycles. The van der Waals surface area contributed by atoms with Crippen LogP contribution in [0.2, 0.25) is 0 Å². The zero-order valence-electron chi connectivity index (χ0n) is 17.1. The van der Waals surface area contributed by atoms with Gasteiger partial charge in [-0.05, 0) is 36.2 Å². The van der Waals surface area contributed by atoms with Crippen LogP contribution in [0.15, 0.2) is 50.6 Å². The van der Waals surface area contributed by atoms with E-state index >= 15 is 0 Å². The lowest BCUT2D eigenvalue weighted by atomic mass is 10.1. The van der Waals surface area contributed by atoms with Crippen molar-refractivity contribution in [3.63, 3.8) is 0 Å². The minimum atomic E-state index is -0.314. The van der Waals surface area contributed by atoms with E-state index in [9.17, 15) is 4.39 Å². The Labute approximate surface area is 181 Å². The monoisotopic (exact) mass is 442 g/mol. The number of ether oxygens (including phenoxy) is 2. The summed E-state index contributed by atoms with van der Waals surface area (Å²) in [7, 11) is 3.17. The molecule has 0 fully saturated rings. The standard InChI is InChI=1S/C21H19FN4O4S/c1-12-4-6-14(10-15(12)22)20-23-19(30-26-20)11-31-21-25-24-18(29-21)9-13-5-7-16(27-2)17(8-13)28-3/h4-8,10H,9,11H2,1-3H3. The molecule has 0 unspecified atom stereocenters. The fourth-order valence-electron chi connectivity index (χ4n) is 2.82. The second-order valence-corrected chi connectivity index (χ2v) is 7.52. The molecule has 0 aliphatic carbocycles. The first-order valence-corrected chi connectivity index (χ1v) is 10.3. The Morgan fingerprint density at radius 3 is 2.61 bits per heavy atom. The Balaban J connectivity index is 1.38. The first kappa shape index (κ1) is 20.9. The van der Waals surface area contributed by atoms with Crippen LogP contribution in [0.4, 0.5) is 4.39 Å². The van der Waals surface area contributed by atoms with Crippen LogP contribution in [0.1, 0.15) is 22.9 Å². The van der Waals surface area contributed by atoms with E-state index in [1.807, 2.05) is 18.2 Å². The van der Waals surface area contributed by atoms with Gasteiger partial charge in [-0.1, -0.05) is 35.1 Å². The molecule has 4 rings (SSSR count). The van der Waals surface area contributed by atoms with Crippen LogP contribution in [0.3, 0.4) is 0 Å². The second kappa shape index (κ2) is 9.17. The number of nitrogens with zero attached hydrogens (tertiary/aromatic N) is 4. The summed E-state index contributed by atoms with van der Waals surface area (Å²) in [6.45, 7) is 1.70. The van der Waals surface area contributed by atoms with Gasteiger partial charge in [-0.3, -0.25) is 0 Å². The largest absolute Gasteiger partial charge is 0.493 e. The molecule has 0 bridgehead atoms. The molecule has 160 valence electrons. The minimum absolute atomic E-state index is 0.314. The van der Waals surface area contributed by atoms with Crippen molar-refractivity contribution >= 4 is 11.8 Å². The van der Waals surface area contributed by atoms with Crippen molar-refractivity contribution in [2.24, 2.45) is 0 Å². The molecule has 0 amide bonds. The molecule has 2 aromatic carbocycles. The lowest BCUT2D eigenvalue weighted by Gasteiger charge is -2.08. The van der Waals surface area contributed by atoms with Crippen molar-refractivity contribution in [2.45, 2.75) is 24.3 Å². The van der Waals surface area contributed by atoms with Crippen molar-refractivity contribution in [2.75, 3.05) is 14.2 Å². The van der Waals surface area contributed by atoms with Crippen molar-refractivity contribution < 1.29 is 22.8 Å². The average Bonchev–Trinajstić information content (AvgIpc) is 3.43. The fourth-order valence-corrected chi connectivity index (χ4v) is 3.44. The summed E-state index contributed by atoms with van der Waals surface area (Å²) < 4.78 is 35.2. The van der Waals surface area contributed by atoms with Crippen LogP contribution in [-0.2, 0) is 12.2 Å². The summed E-state index contributed by atoms with van der Waals surface area (Å²) in [6.07, 6.45) is 0.456. The summed E-state index contributed by atoms with van der Waals surface area (Å²) in [5.74, 6) is 2.49. The SMILES string of the molecule is COc1ccc(Cc2nnc(SCc3nc(-c4ccc(C)c(F)c4)no3)o2)cc1OC. The van der Waals surface area contributed by atoms with Crippen LogP contribution in [0, 0.1) is 12.7 Å². The number of aromatic nitrogens is 4. The topological polar surface area (TPSA) is 96.3 Å². The number of aryl methyl sites for hydroxylation is 1. The average molecular weight is 442 g/mol. The number of benzene rings is 2. The van der Waals surface area contributed by atoms with Crippen molar-refractivity contribution in [3.05, 3.63) is 65.1 Å². The summed E-state index contributed by atoms with van der Waals surface area (Å²) in [4.78, 5) is 4.30. The molecular formula is C21H19FN4O4S. The number of hydrogen-bond acceptors (Lipinski definition) is 9. The Kier molecular flexibility index (Phi) is 6.17. The first-order valence-electron chi connectivity index (χ1n) is 9.31. The van der Waals surface area contributed by atoms with Gasteiger partial charge >= 0.3 is 0 Å². The van der Waals surface area contributed by atoms with Crippen molar-refractivity contribution in [1.82, 2.24) is 20.3 Å². The normalized spacial score (nSPS) is 11.0. The highest BCUT2D eigenvalue weighted by molar-refractivity contribution is 7.98. The number of rotatable bonds is 8. The van der Waals surface area contributed by atoms with Gasteiger partial charge in [-0.25, -0.2) is 4.39 Å². The van der Waals surface area contributed by atoms with Gasteiger partial charge in [0, 0.05) is 5.56 Å². The molecule has 0 spiro atoms. The van der Waals surface area contributed by atoms with E-state index < -0.39 is 0 Å². The first-order chi connectivity index (χ1) is 15.1. The molecule has 8 nitrogen and oxygen atoms in total. The Bertz CT molecular complexity index is 1190. The fraction of sp³-hybridized carbons (Fsp3) is 0.238. The van der Waals surface area contributed by atoms with Crippen LogP contribution in [0.25, 0.3) is 11.4 Å². The number of hydrogen-bond donors (Lipinski definition) is 0. The Morgan fingerprint density at radius 1 is 1.00 bits per heavy atom. The molecule has 2 heterocycles. The molecule has 31 heavy (non-hydrogen) atoms. The van der Waals surface area contributed by atoms with Crippen LogP contribution < -0.4 is 9.47 Å². The third-order valence-corrected chi connectivity index (χ3v) is 5.27. The zero-order chi connectivity index (χ0) is 21.8. The van der Waals surface area contributed by atoms with Gasteiger partial charge in [0.2, 0.25) is 17.6 Å². The van der Waals surface area contributed by atoms with Gasteiger partial charge in [0.05, 0.1) is 26.4 Å². The van der Waals surface area contributed by atoms with E-state index in [1.165, 1.54) is 17.8 Å². The lowest BCUT2D eigenvalue weighted by Crippen LogP contribution is -1.94. The van der Waals surface area contributed by atoms with E-state index in [-0.39, 0.29) is 5.82 Å². The molecule has 0 radical (unpaired) electrons. The maximum Gasteiger partial charge on any atom is 0.277 e. The predicted octanol–water partition coefficient (Wildman–Crippen LogP) is 4.47. The maximum absolute atomic E-state index is 13.7. The van der Waals surface area contributed by atoms with E-state index in [1.54, 1.807) is 33.3 Å². The molecule has 0 aliphatic heterocycles. The van der Waals surface area contributed by atoms with Gasteiger partial charge in [-0.2, -0.15) is 4.98 Å². The minimum Gasteiger partial charge on any atom is -0.493 e. The quantitative estimate of drug-likeness (QED) is 0.366. The molecule has 0 aliphatic rings. The van der Waals surface area contributed by atoms with Crippen molar-refractivity contribution in [3.8, 4) is 22.9 Å². The van der Waals surface area contributed by atoms with Gasteiger partial charge in [0.15, 0.2) is 11.5 Å². The predicted molar refractivity (Wildman–Crippen MR) is 111 cm³/mol. The van der Waals surface area contributed by atoms with E-state index in [2.05, 4.69) is 20.3 Å². The third kappa shape index (κ3) is 4.85. The number of halogens is 1. The molecule has 0 N–H and O–H groups in total. The molecular weight excluding hydrogens is 423 g/mol. The Hall–Kier alpha value is -3.40. The number of thioether (sulfide) groups is 1. The van der Waals surface area contributed by atoms with Crippen LogP contribution in [-0.4, -0.2) is 34.6 Å². The van der Waals surface area contributed by atoms with Gasteiger partial charge < -0.3 is 18.4 Å². The molecule has 0 atom stereocenters. The van der Waals surface area contributed by atoms with Gasteiger partial charge in [-0.15, -0.1) is 10.2 Å². The van der Waals surface area contributed by atoms with Gasteiger partial charge in [0.1, 0.15) is 5.82 Å². The third-order valence-electron chi connectivity index (χ3n) is 4.47. The number of methoxy groups -OCH3 is 2. The van der Waals surface area contributed by atoms with E-state index in [0.717, 1.165) is 5.56 Å². The van der Waals surface area contributed by atoms with Gasteiger partial charge in [0.25, 0.3) is 5.22 Å². The smallest absolute Gasteiger partial charge is 0.277 e. The van der Waals surface area contributed by atoms with Crippen LogP contribution >= 0.6 is 11.8 Å². The molecule has 4 aromatic rings. The summed E-state index contributed by atoms with van der Waals surface area (Å²) in [6, 6.07) is 10.4. The highest BCUT2D eigenvalue weighted by Crippen LogP contribution is 2.29. The Morgan fingerprint density at radius 2 is 1.84 bits per heavy atom. The van der Waals surface area contributed by atoms with Crippen molar-refractivity contribution in [1.29, 1.82) is 0 Å². The molecule has 0 saturated carbocycles. The second-order valence-electron chi connectivity index (χ2n) is 6.59. The zero-order valence-corrected chi connectivity index (χ0v) is 17.9. The summed E-state index contributed by atoms with van der Waals surface area (Å²) >= 11 is 1.28. The maximum atomic E-state index is 13.7. The summed E-state index contributed by atoms with van der Waals surface area (Å²) in [5.41, 5.74) is 2.06. The molecule has 10 heteroatoms.